The molecular weight excluding hydrogens is 208 g/mol. The lowest BCUT2D eigenvalue weighted by Gasteiger charge is -2.33. The number of hydrogen-bond donors (Lipinski definition) is 1. The number of ether oxygens (including phenoxy) is 1. The monoisotopic (exact) mass is 226 g/mol. The zero-order chi connectivity index (χ0) is 11.5. The van der Waals surface area contributed by atoms with Crippen molar-refractivity contribution in [1.82, 2.24) is 10.2 Å². The number of hydrogen-bond acceptors (Lipinski definition) is 3. The summed E-state index contributed by atoms with van der Waals surface area (Å²) >= 11 is 0. The SMILES string of the molecule is CCC1CN(C(=O)C2CNC(=O)C2)CCO1. The molecule has 2 atom stereocenters. The molecule has 0 aromatic heterocycles. The molecule has 0 saturated carbocycles. The summed E-state index contributed by atoms with van der Waals surface area (Å²) in [4.78, 5) is 25.0. The maximum absolute atomic E-state index is 12.1. The third-order valence-corrected chi connectivity index (χ3v) is 3.23. The maximum atomic E-state index is 12.1. The fourth-order valence-electron chi connectivity index (χ4n) is 2.20. The fraction of sp³-hybridized carbons (Fsp3) is 0.818. The smallest absolute Gasteiger partial charge is 0.228 e. The lowest BCUT2D eigenvalue weighted by molar-refractivity contribution is -0.143. The van der Waals surface area contributed by atoms with Gasteiger partial charge in [0.1, 0.15) is 0 Å². The van der Waals surface area contributed by atoms with Crippen LogP contribution in [0.5, 0.6) is 0 Å². The van der Waals surface area contributed by atoms with Gasteiger partial charge in [0.05, 0.1) is 18.6 Å². The van der Waals surface area contributed by atoms with E-state index in [2.05, 4.69) is 12.2 Å². The summed E-state index contributed by atoms with van der Waals surface area (Å²) in [5.41, 5.74) is 0. The van der Waals surface area contributed by atoms with Crippen LogP contribution in [0.15, 0.2) is 0 Å². The van der Waals surface area contributed by atoms with Gasteiger partial charge in [0.2, 0.25) is 11.8 Å². The summed E-state index contributed by atoms with van der Waals surface area (Å²) in [6.07, 6.45) is 1.42. The average Bonchev–Trinajstić information content (AvgIpc) is 2.75. The third-order valence-electron chi connectivity index (χ3n) is 3.23. The Morgan fingerprint density at radius 2 is 2.44 bits per heavy atom. The van der Waals surface area contributed by atoms with Gasteiger partial charge < -0.3 is 15.0 Å². The topological polar surface area (TPSA) is 58.6 Å². The maximum Gasteiger partial charge on any atom is 0.228 e. The van der Waals surface area contributed by atoms with Crippen LogP contribution in [-0.4, -0.2) is 49.1 Å². The van der Waals surface area contributed by atoms with Gasteiger partial charge in [0.15, 0.2) is 0 Å². The molecule has 0 radical (unpaired) electrons. The first kappa shape index (κ1) is 11.4. The van der Waals surface area contributed by atoms with Gasteiger partial charge in [-0.05, 0) is 6.42 Å². The molecule has 2 aliphatic rings. The van der Waals surface area contributed by atoms with Gasteiger partial charge in [-0.25, -0.2) is 0 Å². The quantitative estimate of drug-likeness (QED) is 0.707. The van der Waals surface area contributed by atoms with E-state index < -0.39 is 0 Å². The normalized spacial score (nSPS) is 30.3. The van der Waals surface area contributed by atoms with Crippen molar-refractivity contribution in [3.63, 3.8) is 0 Å². The van der Waals surface area contributed by atoms with E-state index in [1.807, 2.05) is 4.90 Å². The Bertz CT molecular complexity index is 293. The van der Waals surface area contributed by atoms with Gasteiger partial charge in [0, 0.05) is 26.1 Å². The highest BCUT2D eigenvalue weighted by Gasteiger charge is 2.33. The summed E-state index contributed by atoms with van der Waals surface area (Å²) in [5.74, 6) is -0.0816. The first-order valence-corrected chi connectivity index (χ1v) is 5.87. The van der Waals surface area contributed by atoms with Crippen LogP contribution in [-0.2, 0) is 14.3 Å². The molecule has 16 heavy (non-hydrogen) atoms. The van der Waals surface area contributed by atoms with Gasteiger partial charge in [-0.1, -0.05) is 6.92 Å². The summed E-state index contributed by atoms with van der Waals surface area (Å²) in [7, 11) is 0. The number of amides is 2. The first-order chi connectivity index (χ1) is 7.70. The number of nitrogens with zero attached hydrogens (tertiary/aromatic N) is 1. The molecule has 0 aromatic rings. The molecule has 2 heterocycles. The Balaban J connectivity index is 1.91. The minimum atomic E-state index is -0.164. The molecule has 1 N–H and O–H groups in total. The second kappa shape index (κ2) is 4.82. The molecule has 0 aromatic carbocycles. The number of carbonyl (C=O) groups excluding carboxylic acids is 2. The Morgan fingerprint density at radius 3 is 3.06 bits per heavy atom. The van der Waals surface area contributed by atoms with E-state index in [1.54, 1.807) is 0 Å². The van der Waals surface area contributed by atoms with Gasteiger partial charge in [-0.3, -0.25) is 9.59 Å². The summed E-state index contributed by atoms with van der Waals surface area (Å²) in [6, 6.07) is 0. The van der Waals surface area contributed by atoms with Crippen molar-refractivity contribution in [2.75, 3.05) is 26.2 Å². The molecule has 2 fully saturated rings. The second-order valence-electron chi connectivity index (χ2n) is 4.39. The molecule has 2 rings (SSSR count). The van der Waals surface area contributed by atoms with E-state index in [9.17, 15) is 9.59 Å². The molecule has 2 unspecified atom stereocenters. The highest BCUT2D eigenvalue weighted by atomic mass is 16.5. The molecule has 0 bridgehead atoms. The second-order valence-corrected chi connectivity index (χ2v) is 4.39. The summed E-state index contributed by atoms with van der Waals surface area (Å²) in [6.45, 7) is 4.48. The largest absolute Gasteiger partial charge is 0.375 e. The Morgan fingerprint density at radius 1 is 1.62 bits per heavy atom. The van der Waals surface area contributed by atoms with Crippen LogP contribution in [0, 0.1) is 5.92 Å². The van der Waals surface area contributed by atoms with E-state index in [-0.39, 0.29) is 23.8 Å². The van der Waals surface area contributed by atoms with Gasteiger partial charge >= 0.3 is 0 Å². The van der Waals surface area contributed by atoms with Gasteiger partial charge in [0.25, 0.3) is 0 Å². The molecule has 5 heteroatoms. The lowest BCUT2D eigenvalue weighted by Crippen LogP contribution is -2.47. The molecule has 2 saturated heterocycles. The predicted molar refractivity (Wildman–Crippen MR) is 57.7 cm³/mol. The third kappa shape index (κ3) is 2.35. The van der Waals surface area contributed by atoms with Crippen molar-refractivity contribution in [2.24, 2.45) is 5.92 Å². The Hall–Kier alpha value is -1.10. The highest BCUT2D eigenvalue weighted by Crippen LogP contribution is 2.16. The van der Waals surface area contributed by atoms with E-state index in [0.29, 0.717) is 32.7 Å². The van der Waals surface area contributed by atoms with Crippen molar-refractivity contribution in [3.05, 3.63) is 0 Å². The van der Waals surface area contributed by atoms with Crippen molar-refractivity contribution in [2.45, 2.75) is 25.9 Å². The number of rotatable bonds is 2. The first-order valence-electron chi connectivity index (χ1n) is 5.87. The fourth-order valence-corrected chi connectivity index (χ4v) is 2.20. The number of morpholine rings is 1. The molecule has 0 aliphatic carbocycles. The number of carbonyl (C=O) groups is 2. The highest BCUT2D eigenvalue weighted by molar-refractivity contribution is 5.89. The predicted octanol–water partition coefficient (Wildman–Crippen LogP) is -0.240. The molecule has 5 nitrogen and oxygen atoms in total. The van der Waals surface area contributed by atoms with Crippen LogP contribution in [0.1, 0.15) is 19.8 Å². The van der Waals surface area contributed by atoms with E-state index in [1.165, 1.54) is 0 Å². The van der Waals surface area contributed by atoms with Crippen LogP contribution in [0.4, 0.5) is 0 Å². The summed E-state index contributed by atoms with van der Waals surface area (Å²) in [5, 5.41) is 2.70. The standard InChI is InChI=1S/C11H18N2O3/c1-2-9-7-13(3-4-16-9)11(15)8-5-10(14)12-6-8/h8-9H,2-7H2,1H3,(H,12,14). The number of nitrogens with one attached hydrogen (secondary N) is 1. The average molecular weight is 226 g/mol. The van der Waals surface area contributed by atoms with Crippen molar-refractivity contribution in [1.29, 1.82) is 0 Å². The Labute approximate surface area is 95.1 Å². The Kier molecular flexibility index (Phi) is 3.43. The van der Waals surface area contributed by atoms with Crippen molar-refractivity contribution >= 4 is 11.8 Å². The molecular formula is C11H18N2O3. The molecule has 2 amide bonds. The van der Waals surface area contributed by atoms with E-state index >= 15 is 0 Å². The van der Waals surface area contributed by atoms with Crippen LogP contribution in [0.2, 0.25) is 0 Å². The van der Waals surface area contributed by atoms with Crippen LogP contribution < -0.4 is 5.32 Å². The van der Waals surface area contributed by atoms with Gasteiger partial charge in [-0.15, -0.1) is 0 Å². The van der Waals surface area contributed by atoms with Crippen LogP contribution in [0.25, 0.3) is 0 Å². The molecule has 2 aliphatic heterocycles. The molecule has 0 spiro atoms. The summed E-state index contributed by atoms with van der Waals surface area (Å²) < 4.78 is 5.51. The van der Waals surface area contributed by atoms with Crippen molar-refractivity contribution < 1.29 is 14.3 Å². The minimum Gasteiger partial charge on any atom is -0.375 e. The zero-order valence-corrected chi connectivity index (χ0v) is 9.57. The van der Waals surface area contributed by atoms with E-state index in [0.717, 1.165) is 6.42 Å². The minimum absolute atomic E-state index is 0.0151. The van der Waals surface area contributed by atoms with Gasteiger partial charge in [-0.2, -0.15) is 0 Å². The van der Waals surface area contributed by atoms with Crippen molar-refractivity contribution in [3.8, 4) is 0 Å². The lowest BCUT2D eigenvalue weighted by atomic mass is 10.1. The van der Waals surface area contributed by atoms with Crippen LogP contribution >= 0.6 is 0 Å². The zero-order valence-electron chi connectivity index (χ0n) is 9.57. The molecule has 90 valence electrons. The van der Waals surface area contributed by atoms with E-state index in [4.69, 9.17) is 4.74 Å². The van der Waals surface area contributed by atoms with Crippen LogP contribution in [0.3, 0.4) is 0 Å².